The Hall–Kier alpha value is -1.58. The van der Waals surface area contributed by atoms with E-state index in [0.717, 1.165) is 18.8 Å². The molecule has 104 valence electrons. The molecule has 4 heteroatoms. The van der Waals surface area contributed by atoms with Crippen LogP contribution in [-0.4, -0.2) is 22.1 Å². The van der Waals surface area contributed by atoms with Crippen molar-refractivity contribution in [1.82, 2.24) is 4.98 Å². The van der Waals surface area contributed by atoms with Crippen LogP contribution in [0.1, 0.15) is 55.9 Å². The van der Waals surface area contributed by atoms with Gasteiger partial charge in [-0.2, -0.15) is 0 Å². The van der Waals surface area contributed by atoms with Crippen LogP contribution in [0.4, 0.5) is 5.82 Å². The smallest absolute Gasteiger partial charge is 0.354 e. The second-order valence-corrected chi connectivity index (χ2v) is 5.36. The summed E-state index contributed by atoms with van der Waals surface area (Å²) in [7, 11) is 0. The summed E-state index contributed by atoms with van der Waals surface area (Å²) in [4.78, 5) is 15.0. The van der Waals surface area contributed by atoms with Gasteiger partial charge in [0.2, 0.25) is 0 Å². The number of carboxylic acids is 1. The Labute approximate surface area is 114 Å². The molecule has 0 saturated heterocycles. The first kappa shape index (κ1) is 13.8. The van der Waals surface area contributed by atoms with Gasteiger partial charge in [0.1, 0.15) is 5.82 Å². The van der Waals surface area contributed by atoms with Crippen molar-refractivity contribution in [3.8, 4) is 0 Å². The monoisotopic (exact) mass is 262 g/mol. The van der Waals surface area contributed by atoms with Gasteiger partial charge in [0, 0.05) is 6.04 Å². The molecule has 0 atom stereocenters. The van der Waals surface area contributed by atoms with E-state index in [2.05, 4.69) is 17.2 Å². The molecule has 1 saturated carbocycles. The average Bonchev–Trinajstić information content (AvgIpc) is 2.42. The molecule has 0 bridgehead atoms. The summed E-state index contributed by atoms with van der Waals surface area (Å²) in [6, 6.07) is 5.53. The second kappa shape index (κ2) is 6.55. The molecule has 0 unspecified atom stereocenters. The maximum atomic E-state index is 10.9. The summed E-state index contributed by atoms with van der Waals surface area (Å²) in [6.07, 6.45) is 7.45. The fourth-order valence-electron chi connectivity index (χ4n) is 2.85. The van der Waals surface area contributed by atoms with Gasteiger partial charge in [-0.05, 0) is 43.7 Å². The van der Waals surface area contributed by atoms with Crippen LogP contribution in [0, 0.1) is 5.92 Å². The first-order valence-corrected chi connectivity index (χ1v) is 7.16. The number of aromatic carboxylic acids is 1. The number of carboxylic acid groups (broad SMARTS) is 1. The van der Waals surface area contributed by atoms with Crippen molar-refractivity contribution >= 4 is 11.8 Å². The molecule has 1 heterocycles. The molecule has 1 aliphatic carbocycles. The molecule has 4 nitrogen and oxygen atoms in total. The summed E-state index contributed by atoms with van der Waals surface area (Å²) in [5.41, 5.74) is 0.102. The van der Waals surface area contributed by atoms with Crippen LogP contribution in [0.25, 0.3) is 0 Å². The van der Waals surface area contributed by atoms with E-state index >= 15 is 0 Å². The van der Waals surface area contributed by atoms with Gasteiger partial charge in [0.25, 0.3) is 0 Å². The topological polar surface area (TPSA) is 62.2 Å². The third-order valence-corrected chi connectivity index (χ3v) is 3.86. The van der Waals surface area contributed by atoms with Crippen LogP contribution in [0.2, 0.25) is 0 Å². The van der Waals surface area contributed by atoms with Crippen LogP contribution < -0.4 is 5.32 Å². The Bertz CT molecular complexity index is 426. The zero-order valence-electron chi connectivity index (χ0n) is 11.4. The summed E-state index contributed by atoms with van der Waals surface area (Å²) < 4.78 is 0. The van der Waals surface area contributed by atoms with E-state index in [-0.39, 0.29) is 5.69 Å². The molecule has 2 rings (SSSR count). The molecule has 0 aromatic carbocycles. The molecule has 0 aliphatic heterocycles. The molecular formula is C15H22N2O2. The Kier molecular flexibility index (Phi) is 4.77. The zero-order valence-corrected chi connectivity index (χ0v) is 11.4. The Morgan fingerprint density at radius 1 is 1.37 bits per heavy atom. The van der Waals surface area contributed by atoms with Gasteiger partial charge in [-0.1, -0.05) is 25.8 Å². The van der Waals surface area contributed by atoms with E-state index in [1.54, 1.807) is 6.07 Å². The third kappa shape index (κ3) is 3.94. The van der Waals surface area contributed by atoms with Crippen molar-refractivity contribution in [3.63, 3.8) is 0 Å². The van der Waals surface area contributed by atoms with E-state index < -0.39 is 5.97 Å². The molecule has 0 radical (unpaired) electrons. The van der Waals surface area contributed by atoms with Crippen LogP contribution in [-0.2, 0) is 0 Å². The Morgan fingerprint density at radius 3 is 2.74 bits per heavy atom. The number of pyridine rings is 1. The third-order valence-electron chi connectivity index (χ3n) is 3.86. The largest absolute Gasteiger partial charge is 0.477 e. The molecule has 1 aromatic rings. The normalized spacial score (nSPS) is 23.0. The van der Waals surface area contributed by atoms with Crippen molar-refractivity contribution in [3.05, 3.63) is 23.9 Å². The van der Waals surface area contributed by atoms with Gasteiger partial charge in [-0.15, -0.1) is 0 Å². The molecule has 1 aliphatic rings. The van der Waals surface area contributed by atoms with Crippen molar-refractivity contribution in [2.75, 3.05) is 5.32 Å². The highest BCUT2D eigenvalue weighted by molar-refractivity contribution is 5.85. The minimum Gasteiger partial charge on any atom is -0.477 e. The fraction of sp³-hybridized carbons (Fsp3) is 0.600. The van der Waals surface area contributed by atoms with Gasteiger partial charge in [0.15, 0.2) is 5.69 Å². The molecule has 0 spiro atoms. The van der Waals surface area contributed by atoms with E-state index in [1.165, 1.54) is 31.7 Å². The molecule has 1 fully saturated rings. The molecule has 1 aromatic heterocycles. The molecule has 19 heavy (non-hydrogen) atoms. The van der Waals surface area contributed by atoms with Crippen LogP contribution >= 0.6 is 0 Å². The summed E-state index contributed by atoms with van der Waals surface area (Å²) in [5, 5.41) is 12.3. The number of nitrogens with one attached hydrogen (secondary N) is 1. The number of hydrogen-bond donors (Lipinski definition) is 2. The molecular weight excluding hydrogens is 240 g/mol. The number of nitrogens with zero attached hydrogens (tertiary/aromatic N) is 1. The lowest BCUT2D eigenvalue weighted by Gasteiger charge is -2.29. The summed E-state index contributed by atoms with van der Waals surface area (Å²) in [5.74, 6) is 0.579. The lowest BCUT2D eigenvalue weighted by Crippen LogP contribution is -2.26. The van der Waals surface area contributed by atoms with Crippen LogP contribution in [0.3, 0.4) is 0 Å². The number of aromatic nitrogens is 1. The Morgan fingerprint density at radius 2 is 2.11 bits per heavy atom. The van der Waals surface area contributed by atoms with Gasteiger partial charge >= 0.3 is 5.97 Å². The van der Waals surface area contributed by atoms with Gasteiger partial charge < -0.3 is 10.4 Å². The average molecular weight is 262 g/mol. The number of hydrogen-bond acceptors (Lipinski definition) is 3. The lowest BCUT2D eigenvalue weighted by molar-refractivity contribution is 0.0690. The second-order valence-electron chi connectivity index (χ2n) is 5.36. The quantitative estimate of drug-likeness (QED) is 0.851. The summed E-state index contributed by atoms with van der Waals surface area (Å²) >= 11 is 0. The number of rotatable bonds is 5. The first-order valence-electron chi connectivity index (χ1n) is 7.16. The van der Waals surface area contributed by atoms with E-state index in [0.29, 0.717) is 11.9 Å². The number of carbonyl (C=O) groups is 1. The van der Waals surface area contributed by atoms with Crippen molar-refractivity contribution in [2.45, 2.75) is 51.5 Å². The van der Waals surface area contributed by atoms with Gasteiger partial charge in [-0.25, -0.2) is 9.78 Å². The van der Waals surface area contributed by atoms with E-state index in [9.17, 15) is 4.79 Å². The highest BCUT2D eigenvalue weighted by atomic mass is 16.4. The van der Waals surface area contributed by atoms with E-state index in [4.69, 9.17) is 5.11 Å². The van der Waals surface area contributed by atoms with Crippen LogP contribution in [0.15, 0.2) is 18.2 Å². The molecule has 2 N–H and O–H groups in total. The summed E-state index contributed by atoms with van der Waals surface area (Å²) in [6.45, 7) is 2.24. The van der Waals surface area contributed by atoms with Crippen molar-refractivity contribution in [1.29, 1.82) is 0 Å². The SMILES string of the molecule is CCCC1CCC(Nc2cccc(C(=O)O)n2)CC1. The maximum absolute atomic E-state index is 10.9. The fourth-order valence-corrected chi connectivity index (χ4v) is 2.85. The first-order chi connectivity index (χ1) is 9.19. The van der Waals surface area contributed by atoms with E-state index in [1.807, 2.05) is 6.07 Å². The predicted octanol–water partition coefficient (Wildman–Crippen LogP) is 3.55. The molecule has 0 amide bonds. The minimum atomic E-state index is -0.977. The van der Waals surface area contributed by atoms with Crippen molar-refractivity contribution in [2.24, 2.45) is 5.92 Å². The Balaban J connectivity index is 1.88. The lowest BCUT2D eigenvalue weighted by atomic mass is 9.83. The number of anilines is 1. The zero-order chi connectivity index (χ0) is 13.7. The highest BCUT2D eigenvalue weighted by Crippen LogP contribution is 2.29. The van der Waals surface area contributed by atoms with Gasteiger partial charge in [-0.3, -0.25) is 0 Å². The maximum Gasteiger partial charge on any atom is 0.354 e. The van der Waals surface area contributed by atoms with Gasteiger partial charge in [0.05, 0.1) is 0 Å². The van der Waals surface area contributed by atoms with Crippen molar-refractivity contribution < 1.29 is 9.90 Å². The predicted molar refractivity (Wildman–Crippen MR) is 75.5 cm³/mol. The minimum absolute atomic E-state index is 0.102. The highest BCUT2D eigenvalue weighted by Gasteiger charge is 2.20. The standard InChI is InChI=1S/C15H22N2O2/c1-2-4-11-7-9-12(10-8-11)16-14-6-3-5-13(17-14)15(18)19/h3,5-6,11-12H,2,4,7-10H2,1H3,(H,16,17)(H,18,19). The van der Waals surface area contributed by atoms with Crippen LogP contribution in [0.5, 0.6) is 0 Å².